The number of unbranched alkanes of at least 4 members (excludes halogenated alkanes) is 2. The van der Waals surface area contributed by atoms with E-state index in [1.165, 1.54) is 38.5 Å². The molecule has 0 heterocycles. The van der Waals surface area contributed by atoms with Gasteiger partial charge in [-0.15, -0.1) is 0 Å². The number of rotatable bonds is 9. The summed E-state index contributed by atoms with van der Waals surface area (Å²) in [7, 11) is 1.47. The topological polar surface area (TPSA) is 38.3 Å². The van der Waals surface area contributed by atoms with Crippen LogP contribution in [0, 0.1) is 5.92 Å². The average Bonchev–Trinajstić information content (AvgIpc) is 3.11. The van der Waals surface area contributed by atoms with Crippen LogP contribution in [0.2, 0.25) is 0 Å². The molecule has 0 radical (unpaired) electrons. The van der Waals surface area contributed by atoms with E-state index in [1.54, 1.807) is 0 Å². The minimum atomic E-state index is -0.0911. The molecule has 1 N–H and O–H groups in total. The highest BCUT2D eigenvalue weighted by Crippen LogP contribution is 2.33. The van der Waals surface area contributed by atoms with Crippen molar-refractivity contribution in [3.8, 4) is 0 Å². The first-order valence-electron chi connectivity index (χ1n) is 6.09. The molecule has 0 bridgehead atoms. The van der Waals surface area contributed by atoms with Crippen LogP contribution < -0.4 is 5.32 Å². The minimum Gasteiger partial charge on any atom is -0.468 e. The molecule has 0 saturated heterocycles. The molecule has 1 atom stereocenters. The SMILES string of the molecule is COC(=O)C(NCCCCCSC)C1CC1. The molecule has 3 nitrogen and oxygen atoms in total. The van der Waals surface area contributed by atoms with Gasteiger partial charge in [-0.05, 0) is 50.2 Å². The van der Waals surface area contributed by atoms with Crippen LogP contribution in [0.3, 0.4) is 0 Å². The zero-order valence-corrected chi connectivity index (χ0v) is 11.1. The Morgan fingerprint density at radius 1 is 1.44 bits per heavy atom. The maximum atomic E-state index is 11.5. The average molecular weight is 245 g/mol. The van der Waals surface area contributed by atoms with Crippen molar-refractivity contribution in [1.82, 2.24) is 5.32 Å². The summed E-state index contributed by atoms with van der Waals surface area (Å²) in [5.74, 6) is 1.67. The summed E-state index contributed by atoms with van der Waals surface area (Å²) < 4.78 is 4.80. The molecule has 94 valence electrons. The monoisotopic (exact) mass is 245 g/mol. The molecular weight excluding hydrogens is 222 g/mol. The van der Waals surface area contributed by atoms with E-state index in [4.69, 9.17) is 4.74 Å². The third kappa shape index (κ3) is 5.21. The number of esters is 1. The molecule has 4 heteroatoms. The normalized spacial score (nSPS) is 17.1. The molecule has 0 aromatic heterocycles. The van der Waals surface area contributed by atoms with Gasteiger partial charge in [0.25, 0.3) is 0 Å². The summed E-state index contributed by atoms with van der Waals surface area (Å²) in [5, 5.41) is 3.33. The Hall–Kier alpha value is -0.220. The summed E-state index contributed by atoms with van der Waals surface area (Å²) in [6.07, 6.45) is 8.14. The highest BCUT2D eigenvalue weighted by molar-refractivity contribution is 7.98. The van der Waals surface area contributed by atoms with Gasteiger partial charge in [-0.3, -0.25) is 4.79 Å². The summed E-state index contributed by atoms with van der Waals surface area (Å²) in [4.78, 5) is 11.5. The lowest BCUT2D eigenvalue weighted by atomic mass is 10.1. The first-order chi connectivity index (χ1) is 7.79. The van der Waals surface area contributed by atoms with Crippen LogP contribution >= 0.6 is 11.8 Å². The second-order valence-electron chi connectivity index (χ2n) is 4.35. The fourth-order valence-electron chi connectivity index (χ4n) is 1.80. The second-order valence-corrected chi connectivity index (χ2v) is 5.33. The molecule has 1 unspecified atom stereocenters. The van der Waals surface area contributed by atoms with Crippen molar-refractivity contribution in [2.24, 2.45) is 5.92 Å². The number of hydrogen-bond acceptors (Lipinski definition) is 4. The number of nitrogens with one attached hydrogen (secondary N) is 1. The van der Waals surface area contributed by atoms with Gasteiger partial charge in [-0.25, -0.2) is 0 Å². The lowest BCUT2D eigenvalue weighted by molar-refractivity contribution is -0.143. The Labute approximate surface area is 103 Å². The van der Waals surface area contributed by atoms with E-state index in [2.05, 4.69) is 11.6 Å². The molecule has 0 spiro atoms. The predicted octanol–water partition coefficient (Wildman–Crippen LogP) is 2.06. The fourth-order valence-corrected chi connectivity index (χ4v) is 2.30. The van der Waals surface area contributed by atoms with Crippen molar-refractivity contribution < 1.29 is 9.53 Å². The highest BCUT2D eigenvalue weighted by Gasteiger charge is 2.36. The van der Waals surface area contributed by atoms with Crippen molar-refractivity contribution in [2.75, 3.05) is 25.7 Å². The molecule has 1 saturated carbocycles. The van der Waals surface area contributed by atoms with Crippen LogP contribution in [0.25, 0.3) is 0 Å². The lowest BCUT2D eigenvalue weighted by Gasteiger charge is -2.15. The third-order valence-corrected chi connectivity index (χ3v) is 3.63. The van der Waals surface area contributed by atoms with Crippen molar-refractivity contribution in [2.45, 2.75) is 38.1 Å². The van der Waals surface area contributed by atoms with Crippen molar-refractivity contribution in [3.05, 3.63) is 0 Å². The van der Waals surface area contributed by atoms with Crippen molar-refractivity contribution >= 4 is 17.7 Å². The molecule has 1 fully saturated rings. The van der Waals surface area contributed by atoms with Crippen LogP contribution in [0.15, 0.2) is 0 Å². The van der Waals surface area contributed by atoms with E-state index >= 15 is 0 Å². The summed E-state index contributed by atoms with van der Waals surface area (Å²) in [6, 6.07) is -0.0504. The van der Waals surface area contributed by atoms with Crippen LogP contribution in [0.1, 0.15) is 32.1 Å². The Bertz CT molecular complexity index is 207. The van der Waals surface area contributed by atoms with Gasteiger partial charge in [0.2, 0.25) is 0 Å². The van der Waals surface area contributed by atoms with Gasteiger partial charge in [0.1, 0.15) is 6.04 Å². The summed E-state index contributed by atoms with van der Waals surface area (Å²) >= 11 is 1.89. The van der Waals surface area contributed by atoms with E-state index in [9.17, 15) is 4.79 Å². The zero-order chi connectivity index (χ0) is 11.8. The number of thioether (sulfide) groups is 1. The standard InChI is InChI=1S/C12H23NO2S/c1-15-12(14)11(10-6-7-10)13-8-4-3-5-9-16-2/h10-11,13H,3-9H2,1-2H3. The van der Waals surface area contributed by atoms with Crippen molar-refractivity contribution in [3.63, 3.8) is 0 Å². The second kappa shape index (κ2) is 7.96. The Morgan fingerprint density at radius 2 is 2.19 bits per heavy atom. The number of hydrogen-bond donors (Lipinski definition) is 1. The minimum absolute atomic E-state index is 0.0504. The Balaban J connectivity index is 2.06. The highest BCUT2D eigenvalue weighted by atomic mass is 32.2. The number of methoxy groups -OCH3 is 1. The molecular formula is C12H23NO2S. The van der Waals surface area contributed by atoms with Gasteiger partial charge < -0.3 is 10.1 Å². The van der Waals surface area contributed by atoms with Gasteiger partial charge in [-0.1, -0.05) is 6.42 Å². The van der Waals surface area contributed by atoms with E-state index < -0.39 is 0 Å². The van der Waals surface area contributed by atoms with Crippen LogP contribution in [0.5, 0.6) is 0 Å². The van der Waals surface area contributed by atoms with Gasteiger partial charge in [0, 0.05) is 0 Å². The summed E-state index contributed by atoms with van der Waals surface area (Å²) in [5.41, 5.74) is 0. The van der Waals surface area contributed by atoms with Gasteiger partial charge in [-0.2, -0.15) is 11.8 Å². The maximum absolute atomic E-state index is 11.5. The zero-order valence-electron chi connectivity index (χ0n) is 10.3. The molecule has 1 rings (SSSR count). The van der Waals surface area contributed by atoms with Gasteiger partial charge in [0.15, 0.2) is 0 Å². The van der Waals surface area contributed by atoms with Gasteiger partial charge in [0.05, 0.1) is 7.11 Å². The first-order valence-corrected chi connectivity index (χ1v) is 7.49. The lowest BCUT2D eigenvalue weighted by Crippen LogP contribution is -2.39. The van der Waals surface area contributed by atoms with E-state index in [-0.39, 0.29) is 12.0 Å². The van der Waals surface area contributed by atoms with Crippen molar-refractivity contribution in [1.29, 1.82) is 0 Å². The molecule has 1 aliphatic carbocycles. The van der Waals surface area contributed by atoms with Gasteiger partial charge >= 0.3 is 5.97 Å². The Kier molecular flexibility index (Phi) is 6.88. The molecule has 1 aliphatic rings. The van der Waals surface area contributed by atoms with Crippen LogP contribution in [-0.2, 0) is 9.53 Å². The molecule has 16 heavy (non-hydrogen) atoms. The quantitative estimate of drug-likeness (QED) is 0.498. The maximum Gasteiger partial charge on any atom is 0.323 e. The number of carbonyl (C=O) groups excluding carboxylic acids is 1. The first kappa shape index (κ1) is 13.8. The Morgan fingerprint density at radius 3 is 2.75 bits per heavy atom. The summed E-state index contributed by atoms with van der Waals surface area (Å²) in [6.45, 7) is 0.935. The largest absolute Gasteiger partial charge is 0.468 e. The van der Waals surface area contributed by atoms with E-state index in [0.29, 0.717) is 5.92 Å². The number of carbonyl (C=O) groups is 1. The fraction of sp³-hybridized carbons (Fsp3) is 0.917. The molecule has 0 amide bonds. The van der Waals surface area contributed by atoms with E-state index in [1.807, 2.05) is 11.8 Å². The van der Waals surface area contributed by atoms with Crippen LogP contribution in [-0.4, -0.2) is 37.7 Å². The predicted molar refractivity (Wildman–Crippen MR) is 68.8 cm³/mol. The van der Waals surface area contributed by atoms with E-state index in [0.717, 1.165) is 13.0 Å². The molecule has 0 aromatic rings. The molecule has 0 aromatic carbocycles. The van der Waals surface area contributed by atoms with Crippen LogP contribution in [0.4, 0.5) is 0 Å². The third-order valence-electron chi connectivity index (χ3n) is 2.94. The number of ether oxygens (including phenoxy) is 1. The smallest absolute Gasteiger partial charge is 0.323 e. The molecule has 0 aliphatic heterocycles.